The molecular weight excluding hydrogens is 372 g/mol. The van der Waals surface area contributed by atoms with E-state index in [1.165, 1.54) is 22.9 Å². The van der Waals surface area contributed by atoms with E-state index in [0.29, 0.717) is 17.8 Å². The SMILES string of the molecule is CN(Cc1ccc(N2CCOCC2)cc1)Cn1cnc2c(=O)n(C)c(=O)n(C)c21. The predicted octanol–water partition coefficient (Wildman–Crippen LogP) is 0.360. The van der Waals surface area contributed by atoms with Gasteiger partial charge in [0, 0.05) is 39.4 Å². The number of imidazole rings is 1. The third-order valence-corrected chi connectivity index (χ3v) is 5.37. The lowest BCUT2D eigenvalue weighted by atomic mass is 10.2. The molecule has 9 heteroatoms. The zero-order valence-corrected chi connectivity index (χ0v) is 17.0. The Kier molecular flexibility index (Phi) is 5.25. The Balaban J connectivity index is 1.49. The van der Waals surface area contributed by atoms with Crippen LogP contribution in [0.3, 0.4) is 0 Å². The van der Waals surface area contributed by atoms with Gasteiger partial charge in [-0.15, -0.1) is 0 Å². The smallest absolute Gasteiger partial charge is 0.332 e. The van der Waals surface area contributed by atoms with Gasteiger partial charge >= 0.3 is 5.69 Å². The van der Waals surface area contributed by atoms with Gasteiger partial charge in [-0.3, -0.25) is 18.8 Å². The number of fused-ring (bicyclic) bond motifs is 1. The van der Waals surface area contributed by atoms with E-state index in [4.69, 9.17) is 4.74 Å². The van der Waals surface area contributed by atoms with Gasteiger partial charge in [-0.05, 0) is 24.7 Å². The van der Waals surface area contributed by atoms with Gasteiger partial charge in [0.05, 0.1) is 26.2 Å². The van der Waals surface area contributed by atoms with Crippen LogP contribution in [0.2, 0.25) is 0 Å². The Morgan fingerprint density at radius 2 is 1.76 bits per heavy atom. The summed E-state index contributed by atoms with van der Waals surface area (Å²) in [6, 6.07) is 8.57. The second kappa shape index (κ2) is 7.84. The van der Waals surface area contributed by atoms with E-state index in [9.17, 15) is 9.59 Å². The molecule has 4 rings (SSSR count). The van der Waals surface area contributed by atoms with E-state index in [1.54, 1.807) is 13.4 Å². The number of morpholine rings is 1. The van der Waals surface area contributed by atoms with Crippen LogP contribution in [-0.2, 0) is 32.0 Å². The van der Waals surface area contributed by atoms with E-state index >= 15 is 0 Å². The topological polar surface area (TPSA) is 77.5 Å². The molecule has 1 aromatic carbocycles. The quantitative estimate of drug-likeness (QED) is 0.618. The molecule has 0 N–H and O–H groups in total. The van der Waals surface area contributed by atoms with Gasteiger partial charge < -0.3 is 14.2 Å². The number of rotatable bonds is 5. The normalized spacial score (nSPS) is 14.8. The summed E-state index contributed by atoms with van der Waals surface area (Å²) >= 11 is 0. The van der Waals surface area contributed by atoms with Crippen LogP contribution in [0.25, 0.3) is 11.2 Å². The number of nitrogens with zero attached hydrogens (tertiary/aromatic N) is 6. The Morgan fingerprint density at radius 1 is 1.07 bits per heavy atom. The minimum Gasteiger partial charge on any atom is -0.378 e. The van der Waals surface area contributed by atoms with Crippen LogP contribution >= 0.6 is 0 Å². The first kappa shape index (κ1) is 19.4. The van der Waals surface area contributed by atoms with Gasteiger partial charge in [0.2, 0.25) is 0 Å². The highest BCUT2D eigenvalue weighted by molar-refractivity contribution is 5.69. The van der Waals surface area contributed by atoms with Gasteiger partial charge in [0.15, 0.2) is 11.2 Å². The van der Waals surface area contributed by atoms with E-state index < -0.39 is 0 Å². The van der Waals surface area contributed by atoms with Crippen LogP contribution in [0, 0.1) is 0 Å². The second-order valence-electron chi connectivity index (χ2n) is 7.51. The van der Waals surface area contributed by atoms with E-state index in [-0.39, 0.29) is 11.2 Å². The summed E-state index contributed by atoms with van der Waals surface area (Å²) in [7, 11) is 5.13. The molecule has 0 radical (unpaired) electrons. The molecular formula is C20H26N6O3. The number of aromatic nitrogens is 4. The fourth-order valence-electron chi connectivity index (χ4n) is 3.80. The molecule has 0 unspecified atom stereocenters. The highest BCUT2D eigenvalue weighted by Gasteiger charge is 2.15. The highest BCUT2D eigenvalue weighted by atomic mass is 16.5. The summed E-state index contributed by atoms with van der Waals surface area (Å²) in [5.41, 5.74) is 2.52. The van der Waals surface area contributed by atoms with Crippen LogP contribution in [0.15, 0.2) is 40.2 Å². The number of aryl methyl sites for hydroxylation is 1. The minimum atomic E-state index is -0.372. The summed E-state index contributed by atoms with van der Waals surface area (Å²) in [6.45, 7) is 4.64. The molecule has 0 bridgehead atoms. The van der Waals surface area contributed by atoms with Crippen molar-refractivity contribution in [1.82, 2.24) is 23.6 Å². The Hall–Kier alpha value is -2.91. The first-order valence-electron chi connectivity index (χ1n) is 9.66. The molecule has 29 heavy (non-hydrogen) atoms. The van der Waals surface area contributed by atoms with Crippen molar-refractivity contribution in [3.05, 3.63) is 57.0 Å². The van der Waals surface area contributed by atoms with Crippen LogP contribution < -0.4 is 16.1 Å². The van der Waals surface area contributed by atoms with Crippen LogP contribution in [-0.4, -0.2) is 56.9 Å². The number of hydrogen-bond acceptors (Lipinski definition) is 6. The average Bonchev–Trinajstić information content (AvgIpc) is 3.15. The van der Waals surface area contributed by atoms with Crippen molar-refractivity contribution in [2.45, 2.75) is 13.2 Å². The molecule has 0 aliphatic carbocycles. The van der Waals surface area contributed by atoms with E-state index in [0.717, 1.165) is 37.4 Å². The number of anilines is 1. The Labute approximate surface area is 168 Å². The molecule has 0 saturated carbocycles. The molecule has 1 saturated heterocycles. The molecule has 1 aliphatic heterocycles. The standard InChI is InChI=1S/C20H26N6O3/c1-22(12-15-4-6-16(7-5-15)25-8-10-29-11-9-25)14-26-13-21-17-18(26)23(2)20(28)24(3)19(17)27/h4-7,13H,8-12,14H2,1-3H3. The number of hydrogen-bond donors (Lipinski definition) is 0. The van der Waals surface area contributed by atoms with Crippen LogP contribution in [0.5, 0.6) is 0 Å². The van der Waals surface area contributed by atoms with Gasteiger partial charge in [0.25, 0.3) is 5.56 Å². The highest BCUT2D eigenvalue weighted by Crippen LogP contribution is 2.17. The Morgan fingerprint density at radius 3 is 2.45 bits per heavy atom. The first-order valence-corrected chi connectivity index (χ1v) is 9.66. The fourth-order valence-corrected chi connectivity index (χ4v) is 3.80. The summed E-state index contributed by atoms with van der Waals surface area (Å²) in [4.78, 5) is 33.2. The fraction of sp³-hybridized carbons (Fsp3) is 0.450. The summed E-state index contributed by atoms with van der Waals surface area (Å²) in [5.74, 6) is 0. The molecule has 9 nitrogen and oxygen atoms in total. The summed E-state index contributed by atoms with van der Waals surface area (Å²) in [5, 5.41) is 0. The van der Waals surface area contributed by atoms with Crippen molar-refractivity contribution < 1.29 is 4.74 Å². The van der Waals surface area contributed by atoms with Crippen LogP contribution in [0.1, 0.15) is 5.56 Å². The van der Waals surface area contributed by atoms with Crippen molar-refractivity contribution >= 4 is 16.9 Å². The van der Waals surface area contributed by atoms with Gasteiger partial charge in [-0.1, -0.05) is 12.1 Å². The van der Waals surface area contributed by atoms with Gasteiger partial charge in [-0.2, -0.15) is 0 Å². The number of ether oxygens (including phenoxy) is 1. The lowest BCUT2D eigenvalue weighted by Gasteiger charge is -2.29. The minimum absolute atomic E-state index is 0.304. The lowest BCUT2D eigenvalue weighted by Crippen LogP contribution is -2.37. The first-order chi connectivity index (χ1) is 14.0. The zero-order chi connectivity index (χ0) is 20.5. The average molecular weight is 398 g/mol. The van der Waals surface area contributed by atoms with Crippen molar-refractivity contribution in [1.29, 1.82) is 0 Å². The van der Waals surface area contributed by atoms with Crippen molar-refractivity contribution in [3.8, 4) is 0 Å². The van der Waals surface area contributed by atoms with E-state index in [1.807, 2.05) is 11.6 Å². The maximum Gasteiger partial charge on any atom is 0.332 e. The van der Waals surface area contributed by atoms with Gasteiger partial charge in [-0.25, -0.2) is 9.78 Å². The number of benzene rings is 1. The van der Waals surface area contributed by atoms with Gasteiger partial charge in [0.1, 0.15) is 0 Å². The largest absolute Gasteiger partial charge is 0.378 e. The molecule has 154 valence electrons. The predicted molar refractivity (Wildman–Crippen MR) is 111 cm³/mol. The Bertz CT molecular complexity index is 1120. The third kappa shape index (κ3) is 3.70. The van der Waals surface area contributed by atoms with Crippen molar-refractivity contribution in [2.24, 2.45) is 14.1 Å². The third-order valence-electron chi connectivity index (χ3n) is 5.37. The lowest BCUT2D eigenvalue weighted by molar-refractivity contribution is 0.122. The molecule has 3 aromatic rings. The monoisotopic (exact) mass is 398 g/mol. The molecule has 0 atom stereocenters. The molecule has 2 aromatic heterocycles. The van der Waals surface area contributed by atoms with Crippen molar-refractivity contribution in [2.75, 3.05) is 38.3 Å². The maximum absolute atomic E-state index is 12.3. The molecule has 0 amide bonds. The maximum atomic E-state index is 12.3. The van der Waals surface area contributed by atoms with Crippen molar-refractivity contribution in [3.63, 3.8) is 0 Å². The molecule has 0 spiro atoms. The molecule has 3 heterocycles. The van der Waals surface area contributed by atoms with E-state index in [2.05, 4.69) is 39.0 Å². The molecule has 1 aliphatic rings. The summed E-state index contributed by atoms with van der Waals surface area (Å²) in [6.07, 6.45) is 1.61. The van der Waals surface area contributed by atoms with Crippen LogP contribution in [0.4, 0.5) is 5.69 Å². The summed E-state index contributed by atoms with van der Waals surface area (Å²) < 4.78 is 9.79. The second-order valence-corrected chi connectivity index (χ2v) is 7.51. The zero-order valence-electron chi connectivity index (χ0n) is 17.0. The molecule has 1 fully saturated rings.